The second-order valence-corrected chi connectivity index (χ2v) is 8.00. The number of nitrogens with one attached hydrogen (secondary N) is 1. The van der Waals surface area contributed by atoms with Crippen molar-refractivity contribution in [1.82, 2.24) is 10.3 Å². The number of fused-ring (bicyclic) bond motifs is 1. The number of halogens is 1. The van der Waals surface area contributed by atoms with Crippen LogP contribution in [0.1, 0.15) is 12.1 Å². The number of nitrogens with two attached hydrogens (primary N) is 1. The van der Waals surface area contributed by atoms with E-state index in [9.17, 15) is 0 Å². The van der Waals surface area contributed by atoms with Gasteiger partial charge >= 0.3 is 0 Å². The van der Waals surface area contributed by atoms with Crippen LogP contribution >= 0.6 is 23.4 Å². The molecular formula is C17H22ClN3O3S. The van der Waals surface area contributed by atoms with Crippen molar-refractivity contribution < 1.29 is 14.2 Å². The van der Waals surface area contributed by atoms with Crippen LogP contribution in [0.3, 0.4) is 0 Å². The van der Waals surface area contributed by atoms with Crippen LogP contribution < -0.4 is 11.1 Å². The van der Waals surface area contributed by atoms with E-state index in [0.29, 0.717) is 11.6 Å². The monoisotopic (exact) mass is 383 g/mol. The Morgan fingerprint density at radius 1 is 1.48 bits per heavy atom. The molecule has 8 heteroatoms. The molecule has 2 saturated heterocycles. The third kappa shape index (κ3) is 3.47. The highest BCUT2D eigenvalue weighted by atomic mass is 35.5. The molecule has 136 valence electrons. The quantitative estimate of drug-likeness (QED) is 0.818. The van der Waals surface area contributed by atoms with E-state index >= 15 is 0 Å². The molecular weight excluding hydrogens is 362 g/mol. The van der Waals surface area contributed by atoms with E-state index in [1.54, 1.807) is 25.1 Å². The van der Waals surface area contributed by atoms with E-state index in [2.05, 4.69) is 16.4 Å². The number of aromatic nitrogens is 1. The Morgan fingerprint density at radius 3 is 3.04 bits per heavy atom. The molecule has 3 N–H and O–H groups in total. The maximum atomic E-state index is 6.32. The summed E-state index contributed by atoms with van der Waals surface area (Å²) in [4.78, 5) is 5.58. The molecule has 1 aromatic heterocycles. The highest BCUT2D eigenvalue weighted by Gasteiger charge is 2.50. The molecule has 2 fully saturated rings. The van der Waals surface area contributed by atoms with Gasteiger partial charge in [0, 0.05) is 24.7 Å². The highest BCUT2D eigenvalue weighted by Crippen LogP contribution is 2.40. The summed E-state index contributed by atoms with van der Waals surface area (Å²) in [6, 6.07) is 1.74. The Kier molecular flexibility index (Phi) is 5.33. The van der Waals surface area contributed by atoms with Crippen molar-refractivity contribution in [1.29, 1.82) is 0 Å². The number of pyridine rings is 1. The normalized spacial score (nSPS) is 34.8. The Morgan fingerprint density at radius 2 is 2.36 bits per heavy atom. The third-order valence-corrected chi connectivity index (χ3v) is 6.24. The second kappa shape index (κ2) is 7.52. The van der Waals surface area contributed by atoms with Crippen LogP contribution in [0.2, 0.25) is 5.02 Å². The number of thioether (sulfide) groups is 1. The fraction of sp³-hybridized carbons (Fsp3) is 0.588. The molecule has 0 aromatic carbocycles. The van der Waals surface area contributed by atoms with E-state index in [1.165, 1.54) is 5.57 Å². The summed E-state index contributed by atoms with van der Waals surface area (Å²) in [5.41, 5.74) is 8.31. The van der Waals surface area contributed by atoms with Crippen molar-refractivity contribution in [2.45, 2.75) is 41.1 Å². The molecule has 5 unspecified atom stereocenters. The van der Waals surface area contributed by atoms with Gasteiger partial charge in [-0.05, 0) is 24.6 Å². The zero-order valence-electron chi connectivity index (χ0n) is 14.0. The number of ether oxygens (including phenoxy) is 3. The zero-order chi connectivity index (χ0) is 17.4. The zero-order valence-corrected chi connectivity index (χ0v) is 15.6. The Bertz CT molecular complexity index is 675. The van der Waals surface area contributed by atoms with Crippen LogP contribution in [0.15, 0.2) is 23.2 Å². The molecule has 0 radical (unpaired) electrons. The Balaban J connectivity index is 1.61. The average Bonchev–Trinajstić information content (AvgIpc) is 2.59. The summed E-state index contributed by atoms with van der Waals surface area (Å²) in [6.07, 6.45) is 4.53. The van der Waals surface area contributed by atoms with E-state index in [-0.39, 0.29) is 29.8 Å². The van der Waals surface area contributed by atoms with Gasteiger partial charge in [0.15, 0.2) is 0 Å². The molecule has 6 nitrogen and oxygen atoms in total. The SMILES string of the molecule is COC1C(Sc2cc(Cl)cnc2C2=CCNCC2)OC2COC2C1N. The van der Waals surface area contributed by atoms with Gasteiger partial charge in [-0.15, -0.1) is 0 Å². The van der Waals surface area contributed by atoms with Gasteiger partial charge in [-0.1, -0.05) is 29.4 Å². The number of nitrogens with zero attached hydrogens (tertiary/aromatic N) is 1. The predicted octanol–water partition coefficient (Wildman–Crippen LogP) is 1.67. The van der Waals surface area contributed by atoms with Gasteiger partial charge in [0.1, 0.15) is 23.7 Å². The second-order valence-electron chi connectivity index (χ2n) is 6.42. The average molecular weight is 384 g/mol. The summed E-state index contributed by atoms with van der Waals surface area (Å²) in [5, 5.41) is 3.94. The van der Waals surface area contributed by atoms with Crippen LogP contribution in [0, 0.1) is 0 Å². The first-order valence-electron chi connectivity index (χ1n) is 8.45. The molecule has 0 spiro atoms. The fourth-order valence-electron chi connectivity index (χ4n) is 3.46. The smallest absolute Gasteiger partial charge is 0.136 e. The first-order chi connectivity index (χ1) is 12.2. The first kappa shape index (κ1) is 17.7. The van der Waals surface area contributed by atoms with E-state index in [1.807, 2.05) is 6.07 Å². The molecule has 4 heterocycles. The Labute approximate surface area is 156 Å². The molecule has 0 aliphatic carbocycles. The summed E-state index contributed by atoms with van der Waals surface area (Å²) in [5.74, 6) is 0. The van der Waals surface area contributed by atoms with Crippen molar-refractivity contribution in [3.63, 3.8) is 0 Å². The number of hydrogen-bond acceptors (Lipinski definition) is 7. The van der Waals surface area contributed by atoms with Crippen LogP contribution in [0.25, 0.3) is 5.57 Å². The Hall–Kier alpha value is -0.670. The van der Waals surface area contributed by atoms with E-state index < -0.39 is 0 Å². The predicted molar refractivity (Wildman–Crippen MR) is 97.7 cm³/mol. The summed E-state index contributed by atoms with van der Waals surface area (Å²) >= 11 is 7.80. The molecule has 0 amide bonds. The van der Waals surface area contributed by atoms with Gasteiger partial charge in [-0.25, -0.2) is 0 Å². The first-order valence-corrected chi connectivity index (χ1v) is 9.71. The minimum atomic E-state index is -0.250. The molecule has 4 rings (SSSR count). The highest BCUT2D eigenvalue weighted by molar-refractivity contribution is 7.99. The lowest BCUT2D eigenvalue weighted by Gasteiger charge is -2.49. The van der Waals surface area contributed by atoms with Crippen molar-refractivity contribution in [3.05, 3.63) is 29.1 Å². The van der Waals surface area contributed by atoms with E-state index in [4.69, 9.17) is 31.5 Å². The van der Waals surface area contributed by atoms with Gasteiger partial charge in [0.25, 0.3) is 0 Å². The number of methoxy groups -OCH3 is 1. The van der Waals surface area contributed by atoms with Crippen LogP contribution in [-0.2, 0) is 14.2 Å². The van der Waals surface area contributed by atoms with Crippen LogP contribution in [-0.4, -0.2) is 61.6 Å². The lowest BCUT2D eigenvalue weighted by atomic mass is 9.94. The minimum Gasteiger partial charge on any atom is -0.376 e. The topological polar surface area (TPSA) is 78.6 Å². The molecule has 0 bridgehead atoms. The summed E-state index contributed by atoms with van der Waals surface area (Å²) < 4.78 is 17.3. The van der Waals surface area contributed by atoms with E-state index in [0.717, 1.165) is 30.1 Å². The van der Waals surface area contributed by atoms with Crippen molar-refractivity contribution >= 4 is 28.9 Å². The van der Waals surface area contributed by atoms with Crippen molar-refractivity contribution in [3.8, 4) is 0 Å². The summed E-state index contributed by atoms with van der Waals surface area (Å²) in [7, 11) is 1.66. The van der Waals surface area contributed by atoms with Gasteiger partial charge in [0.05, 0.1) is 23.4 Å². The number of hydrogen-bond donors (Lipinski definition) is 2. The maximum Gasteiger partial charge on any atom is 0.136 e. The molecule has 3 aliphatic heterocycles. The van der Waals surface area contributed by atoms with Crippen molar-refractivity contribution in [2.75, 3.05) is 26.8 Å². The third-order valence-electron chi connectivity index (χ3n) is 4.86. The lowest BCUT2D eigenvalue weighted by Crippen LogP contribution is -2.68. The van der Waals surface area contributed by atoms with Crippen LogP contribution in [0.5, 0.6) is 0 Å². The minimum absolute atomic E-state index is 0.0348. The molecule has 25 heavy (non-hydrogen) atoms. The fourth-order valence-corrected chi connectivity index (χ4v) is 5.05. The standard InChI is InChI=1S/C17H22ClN3O3S/c1-22-16-13(19)15-11(8-23-15)24-17(16)25-12-6-10(18)7-21-14(12)9-2-4-20-5-3-9/h2,6-7,11,13,15-17,20H,3-5,8,19H2,1H3. The molecule has 3 aliphatic rings. The van der Waals surface area contributed by atoms with Gasteiger partial charge in [-0.2, -0.15) is 0 Å². The molecule has 0 saturated carbocycles. The van der Waals surface area contributed by atoms with Gasteiger partial charge < -0.3 is 25.3 Å². The number of rotatable bonds is 4. The molecule has 1 aromatic rings. The van der Waals surface area contributed by atoms with Crippen LogP contribution in [0.4, 0.5) is 0 Å². The lowest BCUT2D eigenvalue weighted by molar-refractivity contribution is -0.254. The molecule has 5 atom stereocenters. The van der Waals surface area contributed by atoms with Crippen molar-refractivity contribution in [2.24, 2.45) is 5.73 Å². The van der Waals surface area contributed by atoms with Gasteiger partial charge in [-0.3, -0.25) is 4.98 Å². The maximum absolute atomic E-state index is 6.32. The largest absolute Gasteiger partial charge is 0.376 e. The van der Waals surface area contributed by atoms with Gasteiger partial charge in [0.2, 0.25) is 0 Å². The summed E-state index contributed by atoms with van der Waals surface area (Å²) in [6.45, 7) is 2.40.